The second-order valence-corrected chi connectivity index (χ2v) is 10.4. The first kappa shape index (κ1) is 33.2. The zero-order chi connectivity index (χ0) is 34.5. The Kier molecular flexibility index (Phi) is 9.73. The molecule has 2 atom stereocenters. The molecule has 248 valence electrons. The number of methoxy groups -OCH3 is 4. The summed E-state index contributed by atoms with van der Waals surface area (Å²) in [5, 5.41) is 5.78. The lowest BCUT2D eigenvalue weighted by Crippen LogP contribution is -2.45. The van der Waals surface area contributed by atoms with E-state index in [-0.39, 0.29) is 24.9 Å². The van der Waals surface area contributed by atoms with Gasteiger partial charge in [0.1, 0.15) is 23.0 Å². The molecule has 2 aromatic carbocycles. The van der Waals surface area contributed by atoms with Gasteiger partial charge in [-0.15, -0.1) is 0 Å². The first-order valence-electron chi connectivity index (χ1n) is 14.5. The van der Waals surface area contributed by atoms with Crippen LogP contribution in [0.3, 0.4) is 0 Å². The van der Waals surface area contributed by atoms with Gasteiger partial charge < -0.3 is 39.1 Å². The van der Waals surface area contributed by atoms with Crippen LogP contribution in [-0.4, -0.2) is 63.9 Å². The average molecular weight is 659 g/mol. The van der Waals surface area contributed by atoms with Crippen LogP contribution in [0.4, 0.5) is 0 Å². The number of ketones is 2. The fraction of sp³-hybridized carbons (Fsp3) is 0.235. The number of rotatable bonds is 10. The van der Waals surface area contributed by atoms with Gasteiger partial charge in [-0.2, -0.15) is 0 Å². The molecule has 0 radical (unpaired) electrons. The molecule has 2 aromatic rings. The summed E-state index contributed by atoms with van der Waals surface area (Å²) in [6, 6.07) is 17.8. The zero-order valence-corrected chi connectivity index (χ0v) is 26.2. The minimum atomic E-state index is -1.82. The van der Waals surface area contributed by atoms with E-state index in [0.717, 1.165) is 39.6 Å². The Morgan fingerprint density at radius 1 is 0.583 bits per heavy atom. The predicted molar refractivity (Wildman–Crippen MR) is 162 cm³/mol. The van der Waals surface area contributed by atoms with Gasteiger partial charge in [0.25, 0.3) is 0 Å². The van der Waals surface area contributed by atoms with Crippen LogP contribution in [0.15, 0.2) is 106 Å². The van der Waals surface area contributed by atoms with Gasteiger partial charge in [0.15, 0.2) is 11.5 Å². The lowest BCUT2D eigenvalue weighted by molar-refractivity contribution is -0.148. The first-order valence-corrected chi connectivity index (χ1v) is 14.5. The number of esters is 4. The Labute approximate surface area is 273 Å². The van der Waals surface area contributed by atoms with E-state index in [9.17, 15) is 28.8 Å². The summed E-state index contributed by atoms with van der Waals surface area (Å²) in [6.07, 6.45) is 0. The van der Waals surface area contributed by atoms with Crippen molar-refractivity contribution < 1.29 is 57.2 Å². The maximum absolute atomic E-state index is 14.3. The van der Waals surface area contributed by atoms with E-state index >= 15 is 0 Å². The van der Waals surface area contributed by atoms with E-state index in [4.69, 9.17) is 28.4 Å². The molecule has 2 aliphatic heterocycles. The van der Waals surface area contributed by atoms with Crippen molar-refractivity contribution in [3.8, 4) is 0 Å². The van der Waals surface area contributed by atoms with Gasteiger partial charge in [0.05, 0.1) is 39.6 Å². The van der Waals surface area contributed by atoms with Crippen LogP contribution in [0.1, 0.15) is 11.1 Å². The number of nitrogens with one attached hydrogen (secondary N) is 2. The molecule has 0 saturated heterocycles. The smallest absolute Gasteiger partial charge is 0.340 e. The summed E-state index contributed by atoms with van der Waals surface area (Å²) in [5.74, 6) is -12.2. The minimum Gasteiger partial charge on any atom is -0.468 e. The van der Waals surface area contributed by atoms with E-state index in [2.05, 4.69) is 10.6 Å². The SMILES string of the molecule is COC(=O)C1=C(NCc2ccccc2)OC2=C(C(=O)C3=C(C2=O)C(C(=O)OC)C(C(=O)OC)=C(NCc2ccccc2)O3)C1C(=O)OC. The molecule has 2 N–H and O–H groups in total. The number of ether oxygens (including phenoxy) is 6. The van der Waals surface area contributed by atoms with Crippen LogP contribution in [0.5, 0.6) is 0 Å². The number of Topliss-reactive ketones (excluding diaryl/α,β-unsaturated/α-hetero) is 2. The van der Waals surface area contributed by atoms with Crippen LogP contribution < -0.4 is 10.6 Å². The Hall–Kier alpha value is -6.18. The molecule has 5 rings (SSSR count). The second kappa shape index (κ2) is 14.1. The molecular formula is C34H30N2O12. The summed E-state index contributed by atoms with van der Waals surface area (Å²) in [6.45, 7) is 0.117. The maximum atomic E-state index is 14.3. The van der Waals surface area contributed by atoms with Gasteiger partial charge in [0, 0.05) is 13.1 Å². The van der Waals surface area contributed by atoms with Crippen LogP contribution in [-0.2, 0) is 70.3 Å². The van der Waals surface area contributed by atoms with Gasteiger partial charge in [-0.3, -0.25) is 19.2 Å². The second-order valence-electron chi connectivity index (χ2n) is 10.4. The third kappa shape index (κ3) is 6.02. The van der Waals surface area contributed by atoms with Crippen molar-refractivity contribution in [3.05, 3.63) is 117 Å². The molecule has 0 fully saturated rings. The van der Waals surface area contributed by atoms with Crippen molar-refractivity contribution >= 4 is 35.4 Å². The molecule has 14 nitrogen and oxygen atoms in total. The Morgan fingerprint density at radius 3 is 1.25 bits per heavy atom. The van der Waals surface area contributed by atoms with Crippen LogP contribution >= 0.6 is 0 Å². The van der Waals surface area contributed by atoms with E-state index < -0.39 is 81.1 Å². The van der Waals surface area contributed by atoms with E-state index in [0.29, 0.717) is 0 Å². The summed E-state index contributed by atoms with van der Waals surface area (Å²) in [7, 11) is 4.19. The van der Waals surface area contributed by atoms with Crippen molar-refractivity contribution in [1.82, 2.24) is 10.6 Å². The molecular weight excluding hydrogens is 628 g/mol. The van der Waals surface area contributed by atoms with Crippen molar-refractivity contribution in [1.29, 1.82) is 0 Å². The highest BCUT2D eigenvalue weighted by atomic mass is 16.5. The minimum absolute atomic E-state index is 0.0584. The summed E-state index contributed by atoms with van der Waals surface area (Å²) >= 11 is 0. The Balaban J connectivity index is 1.63. The molecule has 0 spiro atoms. The van der Waals surface area contributed by atoms with Crippen LogP contribution in [0.25, 0.3) is 0 Å². The molecule has 2 unspecified atom stereocenters. The topological polar surface area (TPSA) is 182 Å². The third-order valence-corrected chi connectivity index (χ3v) is 7.72. The lowest BCUT2D eigenvalue weighted by atomic mass is 9.75. The quantitative estimate of drug-likeness (QED) is 0.213. The molecule has 48 heavy (non-hydrogen) atoms. The number of carbonyl (C=O) groups excluding carboxylic acids is 6. The molecule has 0 amide bonds. The first-order chi connectivity index (χ1) is 23.2. The van der Waals surface area contributed by atoms with Gasteiger partial charge in [-0.05, 0) is 11.1 Å². The van der Waals surface area contributed by atoms with Crippen LogP contribution in [0, 0.1) is 11.8 Å². The number of hydrogen-bond donors (Lipinski definition) is 2. The number of benzene rings is 2. The zero-order valence-electron chi connectivity index (χ0n) is 26.2. The van der Waals surface area contributed by atoms with E-state index in [1.807, 2.05) is 0 Å². The molecule has 0 bridgehead atoms. The van der Waals surface area contributed by atoms with Crippen molar-refractivity contribution in [3.63, 3.8) is 0 Å². The van der Waals surface area contributed by atoms with Gasteiger partial charge in [-0.25, -0.2) is 9.59 Å². The fourth-order valence-electron chi connectivity index (χ4n) is 5.45. The van der Waals surface area contributed by atoms with Crippen molar-refractivity contribution in [2.24, 2.45) is 11.8 Å². The van der Waals surface area contributed by atoms with E-state index in [1.165, 1.54) is 0 Å². The fourth-order valence-corrected chi connectivity index (χ4v) is 5.45. The highest BCUT2D eigenvalue weighted by Crippen LogP contribution is 2.46. The maximum Gasteiger partial charge on any atom is 0.340 e. The Morgan fingerprint density at radius 2 is 0.938 bits per heavy atom. The largest absolute Gasteiger partial charge is 0.468 e. The summed E-state index contributed by atoms with van der Waals surface area (Å²) in [5.41, 5.74) is -0.612. The number of allylic oxidation sites excluding steroid dienone is 2. The number of carbonyl (C=O) groups is 6. The molecule has 1 aliphatic carbocycles. The third-order valence-electron chi connectivity index (χ3n) is 7.72. The molecule has 14 heteroatoms. The summed E-state index contributed by atoms with van der Waals surface area (Å²) < 4.78 is 31.6. The Bertz CT molecular complexity index is 1690. The van der Waals surface area contributed by atoms with Crippen LogP contribution in [0.2, 0.25) is 0 Å². The predicted octanol–water partition coefficient (Wildman–Crippen LogP) is 1.63. The molecule has 3 aliphatic rings. The molecule has 0 aromatic heterocycles. The van der Waals surface area contributed by atoms with E-state index in [1.54, 1.807) is 60.7 Å². The summed E-state index contributed by atoms with van der Waals surface area (Å²) in [4.78, 5) is 81.7. The van der Waals surface area contributed by atoms with Gasteiger partial charge >= 0.3 is 23.9 Å². The standard InChI is InChI=1S/C34H30N2O12/c1-43-31(39)19-21-25(37)28-22(26(38)27(21)47-29(23(19)33(41)45-3)35-15-17-11-7-5-8-12-17)20(32(40)44-2)24(34(42)46-4)30(48-28)36-16-18-13-9-6-10-14-18/h5-14,19-20,35-36H,15-16H2,1-4H3. The van der Waals surface area contributed by atoms with Gasteiger partial charge in [0.2, 0.25) is 23.3 Å². The molecule has 0 saturated carbocycles. The normalized spacial score (nSPS) is 18.6. The number of hydrogen-bond acceptors (Lipinski definition) is 14. The highest BCUT2D eigenvalue weighted by Gasteiger charge is 2.56. The average Bonchev–Trinajstić information content (AvgIpc) is 3.13. The van der Waals surface area contributed by atoms with Gasteiger partial charge in [-0.1, -0.05) is 60.7 Å². The highest BCUT2D eigenvalue weighted by molar-refractivity contribution is 6.28. The van der Waals surface area contributed by atoms with Crippen molar-refractivity contribution in [2.75, 3.05) is 28.4 Å². The monoisotopic (exact) mass is 658 g/mol. The lowest BCUT2D eigenvalue weighted by Gasteiger charge is -2.36. The molecule has 2 heterocycles. The van der Waals surface area contributed by atoms with Crippen molar-refractivity contribution in [2.45, 2.75) is 13.1 Å².